The molecule has 0 spiro atoms. The number of aliphatic hydroxyl groups excluding tert-OH is 1. The lowest BCUT2D eigenvalue weighted by molar-refractivity contribution is -0.142. The second-order valence-electron chi connectivity index (χ2n) is 14.9. The predicted octanol–water partition coefficient (Wildman–Crippen LogP) is -5.07. The summed E-state index contributed by atoms with van der Waals surface area (Å²) in [6.45, 7) is 0.294. The van der Waals surface area contributed by atoms with Gasteiger partial charge in [0.1, 0.15) is 48.0 Å². The average molecular weight is 982 g/mol. The van der Waals surface area contributed by atoms with E-state index in [1.165, 1.54) is 43.3 Å². The summed E-state index contributed by atoms with van der Waals surface area (Å²) in [4.78, 5) is 128. The molecule has 0 fully saturated rings. The number of benzene rings is 1. The molecule has 28 heteroatoms. The number of hydrogen-bond donors (Lipinski definition) is 16. The zero-order valence-corrected chi connectivity index (χ0v) is 38.3. The van der Waals surface area contributed by atoms with Gasteiger partial charge in [-0.3, -0.25) is 43.3 Å². The molecule has 26 nitrogen and oxygen atoms in total. The minimum Gasteiger partial charge on any atom is -0.508 e. The Morgan fingerprint density at radius 2 is 1.28 bits per heavy atom. The number of rotatable bonds is 30. The van der Waals surface area contributed by atoms with Crippen LogP contribution in [0.4, 0.5) is 0 Å². The third-order valence-electron chi connectivity index (χ3n) is 9.54. The summed E-state index contributed by atoms with van der Waals surface area (Å²) in [5, 5.41) is 55.0. The number of thiol groups is 1. The highest BCUT2D eigenvalue weighted by Crippen LogP contribution is 2.12. The zero-order chi connectivity index (χ0) is 50.2. The van der Waals surface area contributed by atoms with Crippen molar-refractivity contribution in [2.75, 3.05) is 30.9 Å². The van der Waals surface area contributed by atoms with Crippen LogP contribution in [0.2, 0.25) is 0 Å². The predicted molar refractivity (Wildman–Crippen MR) is 245 cm³/mol. The van der Waals surface area contributed by atoms with Gasteiger partial charge in [0.15, 0.2) is 5.96 Å². The van der Waals surface area contributed by atoms with Gasteiger partial charge in [0.25, 0.3) is 0 Å². The summed E-state index contributed by atoms with van der Waals surface area (Å²) in [6.07, 6.45) is 2.99. The van der Waals surface area contributed by atoms with Gasteiger partial charge < -0.3 is 79.8 Å². The number of H-pyrrole nitrogens is 1. The van der Waals surface area contributed by atoms with Gasteiger partial charge >= 0.3 is 11.9 Å². The van der Waals surface area contributed by atoms with Gasteiger partial charge in [0.05, 0.1) is 25.4 Å². The minimum absolute atomic E-state index is 0.00103. The number of phenolic OH excluding ortho intramolecular Hbond substituents is 1. The molecular formula is C39H59N13O13S2. The van der Waals surface area contributed by atoms with E-state index < -0.39 is 115 Å². The number of carbonyl (C=O) groups is 9. The largest absolute Gasteiger partial charge is 0.508 e. The number of nitrogens with zero attached hydrogens (tertiary/aromatic N) is 2. The molecule has 8 atom stereocenters. The highest BCUT2D eigenvalue weighted by atomic mass is 32.2. The Hall–Kier alpha value is -6.65. The lowest BCUT2D eigenvalue weighted by Crippen LogP contribution is -2.60. The van der Waals surface area contributed by atoms with E-state index in [-0.39, 0.29) is 56.1 Å². The molecule has 0 radical (unpaired) electrons. The first-order chi connectivity index (χ1) is 31.7. The van der Waals surface area contributed by atoms with Crippen molar-refractivity contribution < 1.29 is 63.6 Å². The smallest absolute Gasteiger partial charge is 0.327 e. The summed E-state index contributed by atoms with van der Waals surface area (Å²) >= 11 is 5.19. The van der Waals surface area contributed by atoms with Crippen LogP contribution >= 0.6 is 24.4 Å². The van der Waals surface area contributed by atoms with Crippen molar-refractivity contribution in [3.8, 4) is 5.75 Å². The number of aromatic hydroxyl groups is 1. The Labute approximate surface area is 394 Å². The minimum atomic E-state index is -1.83. The number of aliphatic hydroxyl groups is 1. The number of aliphatic imine (C=N–C) groups is 1. The molecule has 1 heterocycles. The molecule has 0 aliphatic rings. The van der Waals surface area contributed by atoms with Gasteiger partial charge in [-0.1, -0.05) is 12.1 Å². The van der Waals surface area contributed by atoms with Crippen molar-refractivity contribution in [3.05, 3.63) is 48.0 Å². The Kier molecular flexibility index (Phi) is 24.5. The standard InChI is InChI=1S/C39H59N13O13S2/c1-19(31(57)52-29(17-66)38(64)65)46-35(61)27(14-30(55)56)50-36(62)26(13-21-15-43-18-45-21)49-33(59)24(4-3-10-44-39(41)42)47-34(60)25(9-11-67-2)48-37(63)28(16-53)51-32(58)23(40)12-20-5-7-22(54)8-6-20/h5-8,15,18-19,23-29,53-54,66H,3-4,9-14,16-17,40H2,1-2H3,(H,43,45)(H,46,61)(H,47,60)(H,48,63)(H,49,59)(H,50,62)(H,51,58)(H,52,57)(H,55,56)(H,64,65)(H4,41,42,44)/t19-,23-,24-,25-,26-,27-,28-,29-/m0/s1. The molecule has 0 aliphatic carbocycles. The van der Waals surface area contributed by atoms with Crippen LogP contribution in [0.25, 0.3) is 0 Å². The van der Waals surface area contributed by atoms with Crippen molar-refractivity contribution in [3.63, 3.8) is 0 Å². The highest BCUT2D eigenvalue weighted by molar-refractivity contribution is 7.98. The van der Waals surface area contributed by atoms with Gasteiger partial charge in [-0.25, -0.2) is 9.78 Å². The van der Waals surface area contributed by atoms with Gasteiger partial charge in [-0.2, -0.15) is 24.4 Å². The quantitative estimate of drug-likeness (QED) is 0.0151. The van der Waals surface area contributed by atoms with Gasteiger partial charge in [0, 0.05) is 30.6 Å². The Balaban J connectivity index is 2.35. The summed E-state index contributed by atoms with van der Waals surface area (Å²) in [5.41, 5.74) is 17.8. The maximum atomic E-state index is 14.1. The van der Waals surface area contributed by atoms with Crippen molar-refractivity contribution in [2.24, 2.45) is 22.2 Å². The van der Waals surface area contributed by atoms with Crippen LogP contribution in [-0.4, -0.2) is 169 Å². The van der Waals surface area contributed by atoms with E-state index in [0.717, 1.165) is 0 Å². The molecule has 2 rings (SSSR count). The van der Waals surface area contributed by atoms with Crippen molar-refractivity contribution in [1.82, 2.24) is 47.2 Å². The highest BCUT2D eigenvalue weighted by Gasteiger charge is 2.34. The van der Waals surface area contributed by atoms with Crippen LogP contribution in [0.1, 0.15) is 43.9 Å². The maximum absolute atomic E-state index is 14.1. The first kappa shape index (κ1) is 56.5. The van der Waals surface area contributed by atoms with E-state index in [0.29, 0.717) is 17.0 Å². The molecule has 2 aromatic rings. The molecule has 0 unspecified atom stereocenters. The molecule has 18 N–H and O–H groups in total. The van der Waals surface area contributed by atoms with E-state index in [1.54, 1.807) is 18.4 Å². The Morgan fingerprint density at radius 1 is 0.746 bits per heavy atom. The number of carbonyl (C=O) groups excluding carboxylic acids is 7. The van der Waals surface area contributed by atoms with Crippen molar-refractivity contribution in [2.45, 2.75) is 93.8 Å². The number of amides is 7. The molecule has 7 amide bonds. The number of aliphatic carboxylic acids is 2. The van der Waals surface area contributed by atoms with E-state index in [4.69, 9.17) is 17.2 Å². The van der Waals surface area contributed by atoms with Gasteiger partial charge in [0.2, 0.25) is 41.4 Å². The summed E-state index contributed by atoms with van der Waals surface area (Å²) in [6, 6.07) is -5.85. The normalized spacial score (nSPS) is 14.5. The number of aromatic amines is 1. The van der Waals surface area contributed by atoms with Crippen LogP contribution in [0, 0.1) is 0 Å². The van der Waals surface area contributed by atoms with E-state index >= 15 is 0 Å². The van der Waals surface area contributed by atoms with Crippen molar-refractivity contribution >= 4 is 83.6 Å². The van der Waals surface area contributed by atoms with Crippen LogP contribution < -0.4 is 54.4 Å². The molecule has 1 aromatic carbocycles. The molecule has 67 heavy (non-hydrogen) atoms. The van der Waals surface area contributed by atoms with E-state index in [2.05, 4.69) is 64.8 Å². The number of imidazole rings is 1. The van der Waals surface area contributed by atoms with Crippen molar-refractivity contribution in [1.29, 1.82) is 0 Å². The lowest BCUT2D eigenvalue weighted by atomic mass is 10.0. The van der Waals surface area contributed by atoms with Gasteiger partial charge in [-0.05, 0) is 62.3 Å². The van der Waals surface area contributed by atoms with E-state index in [9.17, 15) is 63.6 Å². The Bertz CT molecular complexity index is 2030. The molecule has 1 aromatic heterocycles. The Morgan fingerprint density at radius 3 is 1.82 bits per heavy atom. The zero-order valence-electron chi connectivity index (χ0n) is 36.6. The number of nitrogens with two attached hydrogens (primary N) is 3. The number of phenols is 1. The second-order valence-corrected chi connectivity index (χ2v) is 16.2. The molecular weight excluding hydrogens is 923 g/mol. The third-order valence-corrected chi connectivity index (χ3v) is 10.5. The average Bonchev–Trinajstić information content (AvgIpc) is 3.79. The fraction of sp³-hybridized carbons (Fsp3) is 0.513. The third kappa shape index (κ3) is 20.6. The molecule has 0 saturated heterocycles. The first-order valence-electron chi connectivity index (χ1n) is 20.5. The molecule has 370 valence electrons. The number of carboxylic acids is 2. The second kappa shape index (κ2) is 29.1. The molecule has 0 bridgehead atoms. The summed E-state index contributed by atoms with van der Waals surface area (Å²) in [7, 11) is 0. The van der Waals surface area contributed by atoms with E-state index in [1.807, 2.05) is 0 Å². The monoisotopic (exact) mass is 981 g/mol. The number of guanidine groups is 1. The SMILES string of the molecule is CSCC[C@H](NC(=O)[C@H](CO)NC(=O)[C@@H](N)Cc1ccc(O)cc1)C(=O)N[C@@H](CCCN=C(N)N)C(=O)N[C@@H](Cc1cnc[nH]1)C(=O)N[C@@H](CC(=O)O)C(=O)N[C@@H](C)C(=O)N[C@@H](CS)C(=O)O. The fourth-order valence-corrected chi connectivity index (χ4v) is 6.61. The van der Waals surface area contributed by atoms with Gasteiger partial charge in [-0.15, -0.1) is 0 Å². The molecule has 0 saturated carbocycles. The number of aromatic nitrogens is 2. The number of hydrogen-bond acceptors (Lipinski definition) is 16. The summed E-state index contributed by atoms with van der Waals surface area (Å²) in [5.74, 6) is -9.96. The first-order valence-corrected chi connectivity index (χ1v) is 22.6. The number of carboxylic acid groups (broad SMARTS) is 2. The van der Waals surface area contributed by atoms with Crippen LogP contribution in [0.5, 0.6) is 5.75 Å². The molecule has 0 aliphatic heterocycles. The lowest BCUT2D eigenvalue weighted by Gasteiger charge is -2.27. The van der Waals surface area contributed by atoms with Crippen LogP contribution in [-0.2, 0) is 56.0 Å². The topological polar surface area (TPSA) is 438 Å². The number of thioether (sulfide) groups is 1. The summed E-state index contributed by atoms with van der Waals surface area (Å²) < 4.78 is 0. The van der Waals surface area contributed by atoms with Crippen LogP contribution in [0.3, 0.4) is 0 Å². The number of nitrogens with one attached hydrogen (secondary N) is 8. The maximum Gasteiger partial charge on any atom is 0.327 e. The van der Waals surface area contributed by atoms with Crippen LogP contribution in [0.15, 0.2) is 41.8 Å². The fourth-order valence-electron chi connectivity index (χ4n) is 5.89.